The Morgan fingerprint density at radius 2 is 2.08 bits per heavy atom. The molecule has 3 rings (SSSR count). The van der Waals surface area contributed by atoms with Crippen LogP contribution in [-0.2, 0) is 4.74 Å². The van der Waals surface area contributed by atoms with Crippen LogP contribution >= 0.6 is 0 Å². The third-order valence-corrected chi connectivity index (χ3v) is 4.37. The number of aliphatic imine (C=N–C) groups is 1. The number of nitriles is 1. The molecule has 0 amide bonds. The van der Waals surface area contributed by atoms with Gasteiger partial charge in [-0.1, -0.05) is 19.1 Å². The summed E-state index contributed by atoms with van der Waals surface area (Å²) in [5, 5.41) is 17.3. The zero-order valence-electron chi connectivity index (χ0n) is 14.9. The summed E-state index contributed by atoms with van der Waals surface area (Å²) in [6.45, 7) is 3.86. The second kappa shape index (κ2) is 7.23. The fraction of sp³-hybridized carbons (Fsp3) is 0.263. The highest BCUT2D eigenvalue weighted by molar-refractivity contribution is 6.02. The number of allylic oxidation sites excluding steroid dienone is 3. The van der Waals surface area contributed by atoms with Crippen LogP contribution in [0.1, 0.15) is 31.7 Å². The quantitative estimate of drug-likeness (QED) is 0.848. The van der Waals surface area contributed by atoms with E-state index in [2.05, 4.69) is 21.3 Å². The summed E-state index contributed by atoms with van der Waals surface area (Å²) in [5.74, 6) is 0.903. The lowest BCUT2D eigenvalue weighted by Crippen LogP contribution is -2.24. The van der Waals surface area contributed by atoms with Gasteiger partial charge in [-0.25, -0.2) is 0 Å². The predicted molar refractivity (Wildman–Crippen MR) is 96.7 cm³/mol. The van der Waals surface area contributed by atoms with Crippen molar-refractivity contribution in [2.24, 2.45) is 10.7 Å². The van der Waals surface area contributed by atoms with Crippen LogP contribution in [-0.4, -0.2) is 23.0 Å². The minimum atomic E-state index is -0.330. The van der Waals surface area contributed by atoms with E-state index < -0.39 is 0 Å². The largest absolute Gasteiger partial charge is 0.445 e. The van der Waals surface area contributed by atoms with E-state index in [9.17, 15) is 5.26 Å². The van der Waals surface area contributed by atoms with Gasteiger partial charge in [0.2, 0.25) is 18.2 Å². The summed E-state index contributed by atoms with van der Waals surface area (Å²) in [6, 6.07) is 9.81. The number of nitrogens with zero attached hydrogens (tertiary/aromatic N) is 4. The molecule has 132 valence electrons. The van der Waals surface area contributed by atoms with Crippen LogP contribution < -0.4 is 5.73 Å². The Morgan fingerprint density at radius 1 is 1.35 bits per heavy atom. The van der Waals surface area contributed by atoms with Crippen molar-refractivity contribution in [3.05, 3.63) is 59.0 Å². The smallest absolute Gasteiger partial charge is 0.247 e. The van der Waals surface area contributed by atoms with Crippen molar-refractivity contribution < 1.29 is 9.15 Å². The molecule has 0 saturated carbocycles. The molecular formula is C19H19N5O2. The van der Waals surface area contributed by atoms with Gasteiger partial charge in [0.25, 0.3) is 0 Å². The summed E-state index contributed by atoms with van der Waals surface area (Å²) in [4.78, 5) is 4.38. The molecule has 0 bridgehead atoms. The monoisotopic (exact) mass is 349 g/mol. The molecule has 2 heterocycles. The van der Waals surface area contributed by atoms with Gasteiger partial charge in [0.1, 0.15) is 17.4 Å². The molecular weight excluding hydrogens is 330 g/mol. The first kappa shape index (κ1) is 17.4. The van der Waals surface area contributed by atoms with E-state index in [0.29, 0.717) is 17.2 Å². The molecule has 1 aliphatic heterocycles. The lowest BCUT2D eigenvalue weighted by molar-refractivity contribution is 0.283. The fourth-order valence-electron chi connectivity index (χ4n) is 3.17. The SMILES string of the molecule is CCC(=NC)C1=C(C)OC(N)=C(C#N)C1c1ccc(-c2nnco2)cc1. The summed E-state index contributed by atoms with van der Waals surface area (Å²) >= 11 is 0. The first-order chi connectivity index (χ1) is 12.6. The number of hydrogen-bond acceptors (Lipinski definition) is 7. The Labute approximate surface area is 151 Å². The fourth-order valence-corrected chi connectivity index (χ4v) is 3.17. The molecule has 1 aromatic heterocycles. The van der Waals surface area contributed by atoms with Gasteiger partial charge in [-0.3, -0.25) is 4.99 Å². The Morgan fingerprint density at radius 3 is 2.62 bits per heavy atom. The van der Waals surface area contributed by atoms with Gasteiger partial charge in [0.15, 0.2) is 0 Å². The Hall–Kier alpha value is -3.40. The van der Waals surface area contributed by atoms with Crippen LogP contribution in [0.2, 0.25) is 0 Å². The van der Waals surface area contributed by atoms with Gasteiger partial charge >= 0.3 is 0 Å². The summed E-state index contributed by atoms with van der Waals surface area (Å²) < 4.78 is 10.8. The highest BCUT2D eigenvalue weighted by atomic mass is 16.5. The van der Waals surface area contributed by atoms with E-state index in [1.165, 1.54) is 6.39 Å². The molecule has 7 heteroatoms. The zero-order valence-corrected chi connectivity index (χ0v) is 14.9. The number of aromatic nitrogens is 2. The van der Waals surface area contributed by atoms with Crippen molar-refractivity contribution in [3.63, 3.8) is 0 Å². The molecule has 0 radical (unpaired) electrons. The Bertz CT molecular complexity index is 931. The molecule has 2 aromatic rings. The highest BCUT2D eigenvalue weighted by Gasteiger charge is 2.33. The molecule has 26 heavy (non-hydrogen) atoms. The van der Waals surface area contributed by atoms with Gasteiger partial charge in [0.05, 0.1) is 5.92 Å². The molecule has 1 aliphatic rings. The van der Waals surface area contributed by atoms with Crippen LogP contribution in [0.4, 0.5) is 0 Å². The molecule has 2 N–H and O–H groups in total. The molecule has 0 fully saturated rings. The minimum absolute atomic E-state index is 0.131. The second-order valence-corrected chi connectivity index (χ2v) is 5.78. The van der Waals surface area contributed by atoms with Gasteiger partial charge in [0, 0.05) is 23.9 Å². The standard InChI is InChI=1S/C19H19N5O2/c1-4-15(22-3)16-11(2)26-18(21)14(9-20)17(16)12-5-7-13(8-6-12)19-24-23-10-25-19/h5-8,10,17H,4,21H2,1-3H3. The number of rotatable bonds is 4. The summed E-state index contributed by atoms with van der Waals surface area (Å²) in [7, 11) is 1.74. The second-order valence-electron chi connectivity index (χ2n) is 5.78. The average molecular weight is 349 g/mol. The highest BCUT2D eigenvalue weighted by Crippen LogP contribution is 2.40. The van der Waals surface area contributed by atoms with Crippen LogP contribution in [0.3, 0.4) is 0 Å². The maximum absolute atomic E-state index is 9.67. The molecule has 1 atom stereocenters. The normalized spacial score (nSPS) is 17.9. The van der Waals surface area contributed by atoms with E-state index in [1.54, 1.807) is 7.05 Å². The van der Waals surface area contributed by atoms with E-state index in [-0.39, 0.29) is 11.8 Å². The molecule has 1 unspecified atom stereocenters. The van der Waals surface area contributed by atoms with Crippen molar-refractivity contribution in [1.29, 1.82) is 5.26 Å². The van der Waals surface area contributed by atoms with Crippen molar-refractivity contribution in [2.75, 3.05) is 7.05 Å². The predicted octanol–water partition coefficient (Wildman–Crippen LogP) is 3.30. The molecule has 7 nitrogen and oxygen atoms in total. The number of hydrogen-bond donors (Lipinski definition) is 1. The first-order valence-electron chi connectivity index (χ1n) is 8.21. The van der Waals surface area contributed by atoms with Gasteiger partial charge < -0.3 is 14.9 Å². The average Bonchev–Trinajstić information content (AvgIpc) is 3.19. The lowest BCUT2D eigenvalue weighted by Gasteiger charge is -2.28. The molecule has 0 aliphatic carbocycles. The number of nitrogens with two attached hydrogens (primary N) is 1. The van der Waals surface area contributed by atoms with E-state index in [1.807, 2.05) is 38.1 Å². The first-order valence-corrected chi connectivity index (χ1v) is 8.21. The third kappa shape index (κ3) is 2.97. The van der Waals surface area contributed by atoms with Crippen LogP contribution in [0, 0.1) is 11.3 Å². The topological polar surface area (TPSA) is 110 Å². The third-order valence-electron chi connectivity index (χ3n) is 4.37. The Balaban J connectivity index is 2.11. The van der Waals surface area contributed by atoms with Crippen molar-refractivity contribution in [2.45, 2.75) is 26.2 Å². The maximum Gasteiger partial charge on any atom is 0.247 e. The summed E-state index contributed by atoms with van der Waals surface area (Å²) in [5.41, 5.74) is 9.85. The number of benzene rings is 1. The zero-order chi connectivity index (χ0) is 18.7. The molecule has 0 saturated heterocycles. The van der Waals surface area contributed by atoms with Crippen molar-refractivity contribution in [1.82, 2.24) is 10.2 Å². The van der Waals surface area contributed by atoms with E-state index >= 15 is 0 Å². The van der Waals surface area contributed by atoms with Crippen LogP contribution in [0.5, 0.6) is 0 Å². The minimum Gasteiger partial charge on any atom is -0.445 e. The summed E-state index contributed by atoms with van der Waals surface area (Å²) in [6.07, 6.45) is 2.01. The Kier molecular flexibility index (Phi) is 4.85. The van der Waals surface area contributed by atoms with Gasteiger partial charge in [-0.2, -0.15) is 5.26 Å². The molecule has 0 spiro atoms. The lowest BCUT2D eigenvalue weighted by atomic mass is 9.80. The van der Waals surface area contributed by atoms with Crippen LogP contribution in [0.15, 0.2) is 62.9 Å². The van der Waals surface area contributed by atoms with Gasteiger partial charge in [-0.15, -0.1) is 10.2 Å². The van der Waals surface area contributed by atoms with E-state index in [0.717, 1.165) is 28.8 Å². The van der Waals surface area contributed by atoms with Crippen molar-refractivity contribution >= 4 is 5.71 Å². The van der Waals surface area contributed by atoms with Crippen molar-refractivity contribution in [3.8, 4) is 17.5 Å². The van der Waals surface area contributed by atoms with Gasteiger partial charge in [-0.05, 0) is 31.0 Å². The van der Waals surface area contributed by atoms with Crippen LogP contribution in [0.25, 0.3) is 11.5 Å². The molecule has 1 aromatic carbocycles. The number of ether oxygens (including phenoxy) is 1. The maximum atomic E-state index is 9.67. The van der Waals surface area contributed by atoms with E-state index in [4.69, 9.17) is 14.9 Å².